The Morgan fingerprint density at radius 3 is 1.79 bits per heavy atom. The van der Waals surface area contributed by atoms with Crippen LogP contribution >= 0.6 is 0 Å². The third-order valence-electron chi connectivity index (χ3n) is 3.85. The first-order chi connectivity index (χ1) is 13.5. The van der Waals surface area contributed by atoms with Gasteiger partial charge in [-0.1, -0.05) is 26.5 Å². The average Bonchev–Trinajstić information content (AvgIpc) is 2.71. The number of nitrogens with one attached hydrogen (secondary N) is 2. The van der Waals surface area contributed by atoms with Crippen molar-refractivity contribution in [3.05, 3.63) is 72.3 Å². The van der Waals surface area contributed by atoms with Gasteiger partial charge < -0.3 is 9.47 Å². The Labute approximate surface area is 165 Å². The van der Waals surface area contributed by atoms with Crippen LogP contribution in [0, 0.1) is 5.92 Å². The monoisotopic (exact) mass is 382 g/mol. The van der Waals surface area contributed by atoms with Gasteiger partial charge in [0.2, 0.25) is 0 Å². The summed E-state index contributed by atoms with van der Waals surface area (Å²) < 4.78 is 11.0. The second-order valence-corrected chi connectivity index (χ2v) is 6.59. The van der Waals surface area contributed by atoms with Gasteiger partial charge in [-0.15, -0.1) is 0 Å². The van der Waals surface area contributed by atoms with Crippen LogP contribution in [0.5, 0.6) is 11.5 Å². The van der Waals surface area contributed by atoms with Crippen molar-refractivity contribution in [3.63, 3.8) is 0 Å². The van der Waals surface area contributed by atoms with E-state index < -0.39 is 11.8 Å². The van der Waals surface area contributed by atoms with E-state index >= 15 is 0 Å². The van der Waals surface area contributed by atoms with E-state index in [0.29, 0.717) is 41.8 Å². The highest BCUT2D eigenvalue weighted by Crippen LogP contribution is 2.14. The van der Waals surface area contributed by atoms with E-state index in [2.05, 4.69) is 31.3 Å². The summed E-state index contributed by atoms with van der Waals surface area (Å²) in [5.41, 5.74) is 5.62. The number of carbonyl (C=O) groups is 2. The standard InChI is InChI=1S/C22H26N2O4/c1-4-14-27-19-9-5-17(6-10-19)21(25)23-24-22(26)18-7-11-20(12-8-18)28-15-13-16(2)3/h4-12,16H,1,13-15H2,2-3H3,(H,23,25)(H,24,26). The largest absolute Gasteiger partial charge is 0.494 e. The van der Waals surface area contributed by atoms with E-state index in [9.17, 15) is 9.59 Å². The van der Waals surface area contributed by atoms with Gasteiger partial charge >= 0.3 is 0 Å². The molecule has 0 aliphatic carbocycles. The van der Waals surface area contributed by atoms with Crippen molar-refractivity contribution >= 4 is 11.8 Å². The summed E-state index contributed by atoms with van der Waals surface area (Å²) in [5.74, 6) is 1.09. The summed E-state index contributed by atoms with van der Waals surface area (Å²) in [6.45, 7) is 8.87. The highest BCUT2D eigenvalue weighted by Gasteiger charge is 2.09. The number of carbonyl (C=O) groups excluding carboxylic acids is 2. The van der Waals surface area contributed by atoms with Crippen LogP contribution in [0.25, 0.3) is 0 Å². The van der Waals surface area contributed by atoms with Crippen LogP contribution in [0.3, 0.4) is 0 Å². The van der Waals surface area contributed by atoms with Crippen molar-refractivity contribution in [3.8, 4) is 11.5 Å². The predicted octanol–water partition coefficient (Wildman–Crippen LogP) is 3.75. The Hall–Kier alpha value is -3.28. The zero-order valence-electron chi connectivity index (χ0n) is 16.2. The molecule has 0 spiro atoms. The molecule has 2 aromatic rings. The molecule has 0 aromatic heterocycles. The molecule has 0 saturated carbocycles. The summed E-state index contributed by atoms with van der Waals surface area (Å²) in [4.78, 5) is 24.3. The molecule has 6 nitrogen and oxygen atoms in total. The van der Waals surface area contributed by atoms with E-state index in [4.69, 9.17) is 9.47 Å². The Bertz CT molecular complexity index is 783. The molecule has 2 N–H and O–H groups in total. The average molecular weight is 382 g/mol. The highest BCUT2D eigenvalue weighted by atomic mass is 16.5. The number of hydrogen-bond acceptors (Lipinski definition) is 4. The summed E-state index contributed by atoms with van der Waals surface area (Å²) >= 11 is 0. The lowest BCUT2D eigenvalue weighted by molar-refractivity contribution is 0.0846. The number of hydrogen-bond donors (Lipinski definition) is 2. The van der Waals surface area contributed by atoms with Crippen LogP contribution < -0.4 is 20.3 Å². The van der Waals surface area contributed by atoms with Gasteiger partial charge in [-0.3, -0.25) is 20.4 Å². The molecule has 0 aliphatic heterocycles. The van der Waals surface area contributed by atoms with Crippen molar-refractivity contribution in [1.29, 1.82) is 0 Å². The molecule has 0 aliphatic rings. The van der Waals surface area contributed by atoms with Crippen LogP contribution in [-0.4, -0.2) is 25.0 Å². The van der Waals surface area contributed by atoms with E-state index in [1.165, 1.54) is 0 Å². The molecular formula is C22H26N2O4. The van der Waals surface area contributed by atoms with Crippen molar-refractivity contribution in [2.24, 2.45) is 5.92 Å². The van der Waals surface area contributed by atoms with Gasteiger partial charge in [0.1, 0.15) is 18.1 Å². The van der Waals surface area contributed by atoms with Crippen molar-refractivity contribution in [2.75, 3.05) is 13.2 Å². The first-order valence-corrected chi connectivity index (χ1v) is 9.17. The van der Waals surface area contributed by atoms with Gasteiger partial charge in [0.15, 0.2) is 0 Å². The minimum Gasteiger partial charge on any atom is -0.494 e. The Morgan fingerprint density at radius 1 is 0.893 bits per heavy atom. The number of rotatable bonds is 9. The second-order valence-electron chi connectivity index (χ2n) is 6.59. The number of ether oxygens (including phenoxy) is 2. The normalized spacial score (nSPS) is 10.2. The molecule has 0 heterocycles. The van der Waals surface area contributed by atoms with Gasteiger partial charge in [-0.2, -0.15) is 0 Å². The van der Waals surface area contributed by atoms with Gasteiger partial charge in [0.05, 0.1) is 6.61 Å². The van der Waals surface area contributed by atoms with E-state index in [0.717, 1.165) is 6.42 Å². The fourth-order valence-corrected chi connectivity index (χ4v) is 2.23. The van der Waals surface area contributed by atoms with Gasteiger partial charge in [0, 0.05) is 11.1 Å². The van der Waals surface area contributed by atoms with Crippen molar-refractivity contribution in [1.82, 2.24) is 10.9 Å². The molecule has 0 fully saturated rings. The van der Waals surface area contributed by atoms with E-state index in [-0.39, 0.29) is 0 Å². The van der Waals surface area contributed by atoms with Gasteiger partial charge in [-0.25, -0.2) is 0 Å². The van der Waals surface area contributed by atoms with Crippen molar-refractivity contribution in [2.45, 2.75) is 20.3 Å². The topological polar surface area (TPSA) is 76.7 Å². The molecule has 2 aromatic carbocycles. The minimum atomic E-state index is -0.419. The third kappa shape index (κ3) is 6.79. The molecule has 28 heavy (non-hydrogen) atoms. The summed E-state index contributed by atoms with van der Waals surface area (Å²) in [7, 11) is 0. The first-order valence-electron chi connectivity index (χ1n) is 9.17. The molecule has 0 unspecified atom stereocenters. The summed E-state index contributed by atoms with van der Waals surface area (Å²) in [5, 5.41) is 0. The number of amides is 2. The Kier molecular flexibility index (Phi) is 8.09. The van der Waals surface area contributed by atoms with E-state index in [1.54, 1.807) is 54.6 Å². The van der Waals surface area contributed by atoms with Crippen molar-refractivity contribution < 1.29 is 19.1 Å². The predicted molar refractivity (Wildman–Crippen MR) is 108 cm³/mol. The maximum atomic E-state index is 12.2. The lowest BCUT2D eigenvalue weighted by Crippen LogP contribution is -2.41. The molecule has 2 rings (SSSR count). The molecule has 0 atom stereocenters. The van der Waals surface area contributed by atoms with Crippen LogP contribution in [0.4, 0.5) is 0 Å². The number of benzene rings is 2. The zero-order chi connectivity index (χ0) is 20.4. The third-order valence-corrected chi connectivity index (χ3v) is 3.85. The summed E-state index contributed by atoms with van der Waals surface area (Å²) in [6.07, 6.45) is 2.61. The SMILES string of the molecule is C=CCOc1ccc(C(=O)NNC(=O)c2ccc(OCCC(C)C)cc2)cc1. The molecular weight excluding hydrogens is 356 g/mol. The highest BCUT2D eigenvalue weighted by molar-refractivity contribution is 5.99. The molecule has 0 radical (unpaired) electrons. The van der Waals surface area contributed by atoms with Crippen LogP contribution in [0.15, 0.2) is 61.2 Å². The lowest BCUT2D eigenvalue weighted by Gasteiger charge is -2.10. The molecule has 148 valence electrons. The Morgan fingerprint density at radius 2 is 1.36 bits per heavy atom. The fraction of sp³-hybridized carbons (Fsp3) is 0.273. The van der Waals surface area contributed by atoms with Crippen LogP contribution in [-0.2, 0) is 0 Å². The fourth-order valence-electron chi connectivity index (χ4n) is 2.23. The maximum Gasteiger partial charge on any atom is 0.269 e. The smallest absolute Gasteiger partial charge is 0.269 e. The molecule has 0 bridgehead atoms. The molecule has 6 heteroatoms. The molecule has 0 saturated heterocycles. The van der Waals surface area contributed by atoms with E-state index in [1.807, 2.05) is 0 Å². The lowest BCUT2D eigenvalue weighted by atomic mass is 10.1. The van der Waals surface area contributed by atoms with Gasteiger partial charge in [-0.05, 0) is 60.9 Å². The number of hydrazine groups is 1. The van der Waals surface area contributed by atoms with Crippen LogP contribution in [0.2, 0.25) is 0 Å². The zero-order valence-corrected chi connectivity index (χ0v) is 16.2. The minimum absolute atomic E-state index is 0.392. The quantitative estimate of drug-likeness (QED) is 0.511. The molecule has 2 amide bonds. The Balaban J connectivity index is 1.82. The van der Waals surface area contributed by atoms with Gasteiger partial charge in [0.25, 0.3) is 11.8 Å². The second kappa shape index (κ2) is 10.8. The van der Waals surface area contributed by atoms with Crippen LogP contribution in [0.1, 0.15) is 41.0 Å². The first kappa shape index (κ1) is 21.0. The summed E-state index contributed by atoms with van der Waals surface area (Å²) in [6, 6.07) is 13.4. The maximum absolute atomic E-state index is 12.2.